The molecule has 0 aromatic heterocycles. The predicted octanol–water partition coefficient (Wildman–Crippen LogP) is 7.13. The van der Waals surface area contributed by atoms with Crippen LogP contribution in [-0.2, 0) is 4.74 Å². The first-order valence-electron chi connectivity index (χ1n) is 11.1. The van der Waals surface area contributed by atoms with Gasteiger partial charge in [0.15, 0.2) is 0 Å². The van der Waals surface area contributed by atoms with Crippen LogP contribution in [0.3, 0.4) is 0 Å². The number of hydrogen-bond donors (Lipinski definition) is 1. The van der Waals surface area contributed by atoms with Gasteiger partial charge in [-0.25, -0.2) is 0 Å². The second kappa shape index (κ2) is 10.9. The van der Waals surface area contributed by atoms with Gasteiger partial charge in [0, 0.05) is 5.41 Å². The highest BCUT2D eigenvalue weighted by Crippen LogP contribution is 2.51. The van der Waals surface area contributed by atoms with E-state index in [1.54, 1.807) is 0 Å². The summed E-state index contributed by atoms with van der Waals surface area (Å²) in [5, 5.41) is 11.5. The number of rotatable bonds is 14. The molecule has 0 spiro atoms. The van der Waals surface area contributed by atoms with E-state index in [1.165, 1.54) is 0 Å². The van der Waals surface area contributed by atoms with Crippen LogP contribution in [0.2, 0.25) is 0 Å². The van der Waals surface area contributed by atoms with Gasteiger partial charge >= 0.3 is 0 Å². The van der Waals surface area contributed by atoms with Gasteiger partial charge in [-0.05, 0) is 63.7 Å². The lowest BCUT2D eigenvalue weighted by Gasteiger charge is -2.52. The highest BCUT2D eigenvalue weighted by atomic mass is 16.5. The molecule has 0 bridgehead atoms. The van der Waals surface area contributed by atoms with Crippen molar-refractivity contribution in [3.8, 4) is 0 Å². The van der Waals surface area contributed by atoms with Crippen LogP contribution in [0.25, 0.3) is 0 Å². The van der Waals surface area contributed by atoms with Gasteiger partial charge in [-0.3, -0.25) is 0 Å². The van der Waals surface area contributed by atoms with Crippen LogP contribution in [0.4, 0.5) is 0 Å². The Kier molecular flexibility index (Phi) is 10.9. The van der Waals surface area contributed by atoms with E-state index in [4.69, 9.17) is 4.74 Å². The Morgan fingerprint density at radius 3 is 1.44 bits per heavy atom. The van der Waals surface area contributed by atoms with Gasteiger partial charge < -0.3 is 9.84 Å². The topological polar surface area (TPSA) is 29.5 Å². The second-order valence-corrected chi connectivity index (χ2v) is 8.15. The zero-order chi connectivity index (χ0) is 19.7. The molecule has 0 saturated carbocycles. The van der Waals surface area contributed by atoms with E-state index < -0.39 is 5.60 Å². The van der Waals surface area contributed by atoms with Crippen LogP contribution in [0.1, 0.15) is 120 Å². The summed E-state index contributed by atoms with van der Waals surface area (Å²) in [5.74, 6) is 0.432. The third-order valence-electron chi connectivity index (χ3n) is 7.60. The SMILES string of the molecule is CCC(CC)OC(CC)(CC)CC(C)C(CC)(CC)C(O)(CC)CC. The summed E-state index contributed by atoms with van der Waals surface area (Å²) in [6.07, 6.45) is 9.34. The molecule has 0 heterocycles. The molecular weight excluding hydrogens is 308 g/mol. The van der Waals surface area contributed by atoms with Gasteiger partial charge in [-0.1, -0.05) is 62.3 Å². The molecule has 0 fully saturated rings. The molecule has 1 atom stereocenters. The minimum absolute atomic E-state index is 0.0383. The fourth-order valence-corrected chi connectivity index (χ4v) is 5.33. The molecule has 0 aromatic carbocycles. The first-order chi connectivity index (χ1) is 11.7. The summed E-state index contributed by atoms with van der Waals surface area (Å²) in [7, 11) is 0. The molecule has 1 unspecified atom stereocenters. The second-order valence-electron chi connectivity index (χ2n) is 8.15. The quantitative estimate of drug-likeness (QED) is 0.358. The molecule has 0 amide bonds. The van der Waals surface area contributed by atoms with Crippen molar-refractivity contribution in [1.82, 2.24) is 0 Å². The van der Waals surface area contributed by atoms with E-state index in [0.717, 1.165) is 57.8 Å². The Morgan fingerprint density at radius 1 is 0.720 bits per heavy atom. The highest BCUT2D eigenvalue weighted by molar-refractivity contribution is 5.01. The van der Waals surface area contributed by atoms with Gasteiger partial charge in [0.2, 0.25) is 0 Å². The monoisotopic (exact) mass is 356 g/mol. The molecular formula is C23H48O2. The zero-order valence-corrected chi connectivity index (χ0v) is 18.9. The summed E-state index contributed by atoms with van der Waals surface area (Å²) >= 11 is 0. The van der Waals surface area contributed by atoms with E-state index in [1.807, 2.05) is 0 Å². The smallest absolute Gasteiger partial charge is 0.0700 e. The molecule has 1 N–H and O–H groups in total. The third-order valence-corrected chi connectivity index (χ3v) is 7.60. The van der Waals surface area contributed by atoms with E-state index in [2.05, 4.69) is 62.3 Å². The lowest BCUT2D eigenvalue weighted by atomic mass is 9.57. The fourth-order valence-electron chi connectivity index (χ4n) is 5.33. The number of hydrogen-bond acceptors (Lipinski definition) is 2. The Morgan fingerprint density at radius 2 is 1.16 bits per heavy atom. The summed E-state index contributed by atoms with van der Waals surface area (Å²) < 4.78 is 6.69. The molecule has 0 aliphatic rings. The standard InChI is InChI=1S/C23H48O2/c1-10-20(11-2)25-21(12-3,13-4)18-19(9)22(14-5,15-6)23(24,16-7)17-8/h19-20,24H,10-18H2,1-9H3. The Bertz CT molecular complexity index is 334. The normalized spacial score (nSPS) is 15.0. The Balaban J connectivity index is 5.72. The van der Waals surface area contributed by atoms with Crippen molar-refractivity contribution in [3.63, 3.8) is 0 Å². The van der Waals surface area contributed by atoms with Crippen LogP contribution in [0.5, 0.6) is 0 Å². The minimum atomic E-state index is -0.585. The van der Waals surface area contributed by atoms with Gasteiger partial charge in [-0.2, -0.15) is 0 Å². The van der Waals surface area contributed by atoms with Gasteiger partial charge in [0.05, 0.1) is 17.3 Å². The molecule has 0 radical (unpaired) electrons. The molecule has 0 saturated heterocycles. The molecule has 0 rings (SSSR count). The lowest BCUT2D eigenvalue weighted by Crippen LogP contribution is -2.53. The molecule has 2 nitrogen and oxygen atoms in total. The fraction of sp³-hybridized carbons (Fsp3) is 1.00. The molecule has 2 heteroatoms. The number of ether oxygens (including phenoxy) is 1. The molecule has 25 heavy (non-hydrogen) atoms. The van der Waals surface area contributed by atoms with Crippen LogP contribution in [-0.4, -0.2) is 22.4 Å². The van der Waals surface area contributed by atoms with E-state index in [9.17, 15) is 5.11 Å². The zero-order valence-electron chi connectivity index (χ0n) is 18.9. The van der Waals surface area contributed by atoms with Gasteiger partial charge in [-0.15, -0.1) is 0 Å². The summed E-state index contributed by atoms with van der Waals surface area (Å²) in [4.78, 5) is 0. The van der Waals surface area contributed by atoms with E-state index in [0.29, 0.717) is 12.0 Å². The van der Waals surface area contributed by atoms with Crippen molar-refractivity contribution in [3.05, 3.63) is 0 Å². The average molecular weight is 357 g/mol. The first kappa shape index (κ1) is 24.9. The van der Waals surface area contributed by atoms with E-state index >= 15 is 0 Å². The predicted molar refractivity (Wildman–Crippen MR) is 111 cm³/mol. The van der Waals surface area contributed by atoms with Crippen LogP contribution in [0, 0.1) is 11.3 Å². The molecule has 0 aliphatic carbocycles. The van der Waals surface area contributed by atoms with Crippen molar-refractivity contribution in [2.45, 2.75) is 137 Å². The first-order valence-corrected chi connectivity index (χ1v) is 11.1. The Labute approximate surface area is 159 Å². The maximum absolute atomic E-state index is 11.5. The van der Waals surface area contributed by atoms with Crippen LogP contribution in [0.15, 0.2) is 0 Å². The van der Waals surface area contributed by atoms with Crippen LogP contribution < -0.4 is 0 Å². The maximum atomic E-state index is 11.5. The van der Waals surface area contributed by atoms with Crippen molar-refractivity contribution >= 4 is 0 Å². The van der Waals surface area contributed by atoms with Crippen molar-refractivity contribution < 1.29 is 9.84 Å². The van der Waals surface area contributed by atoms with E-state index in [-0.39, 0.29) is 11.0 Å². The van der Waals surface area contributed by atoms with Crippen molar-refractivity contribution in [2.75, 3.05) is 0 Å². The third kappa shape index (κ3) is 5.22. The van der Waals surface area contributed by atoms with Crippen LogP contribution >= 0.6 is 0 Å². The lowest BCUT2D eigenvalue weighted by molar-refractivity contribution is -0.159. The largest absolute Gasteiger partial charge is 0.389 e. The summed E-state index contributed by atoms with van der Waals surface area (Å²) in [6.45, 7) is 20.2. The maximum Gasteiger partial charge on any atom is 0.0700 e. The summed E-state index contributed by atoms with van der Waals surface area (Å²) in [6, 6.07) is 0. The summed E-state index contributed by atoms with van der Waals surface area (Å²) in [5.41, 5.74) is -0.685. The Hall–Kier alpha value is -0.0800. The number of aliphatic hydroxyl groups is 1. The van der Waals surface area contributed by atoms with Crippen molar-refractivity contribution in [2.24, 2.45) is 11.3 Å². The highest BCUT2D eigenvalue weighted by Gasteiger charge is 2.50. The molecule has 152 valence electrons. The average Bonchev–Trinajstić information content (AvgIpc) is 2.66. The van der Waals surface area contributed by atoms with Gasteiger partial charge in [0.1, 0.15) is 0 Å². The van der Waals surface area contributed by atoms with Gasteiger partial charge in [0.25, 0.3) is 0 Å². The minimum Gasteiger partial charge on any atom is -0.389 e. The van der Waals surface area contributed by atoms with Crippen molar-refractivity contribution in [1.29, 1.82) is 0 Å². The molecule has 0 aromatic rings. The molecule has 0 aliphatic heterocycles.